The molecule has 0 saturated carbocycles. The van der Waals surface area contributed by atoms with E-state index < -0.39 is 18.5 Å². The van der Waals surface area contributed by atoms with Crippen LogP contribution in [0, 0.1) is 0 Å². The molecule has 0 fully saturated rings. The fourth-order valence-electron chi connectivity index (χ4n) is 1.99. The van der Waals surface area contributed by atoms with Crippen LogP contribution in [0.3, 0.4) is 0 Å². The van der Waals surface area contributed by atoms with E-state index in [0.29, 0.717) is 18.0 Å². The van der Waals surface area contributed by atoms with Gasteiger partial charge in [0.1, 0.15) is 0 Å². The van der Waals surface area contributed by atoms with E-state index in [1.165, 1.54) is 12.1 Å². The van der Waals surface area contributed by atoms with E-state index in [2.05, 4.69) is 5.32 Å². The maximum Gasteiger partial charge on any atom is 0.341 e. The standard InChI is InChI=1S/C17H14Cl3NO3/c18-12-4-1-3-11(9-12)7-8-21-15(22)10-24-17(23)16-13(19)5-2-6-14(16)20/h1-6,9H,7-8,10H2,(H,21,22). The Labute approximate surface area is 154 Å². The summed E-state index contributed by atoms with van der Waals surface area (Å²) in [6.07, 6.45) is 0.622. The number of hydrogen-bond donors (Lipinski definition) is 1. The SMILES string of the molecule is O=C(COC(=O)c1c(Cl)cccc1Cl)NCCc1cccc(Cl)c1. The van der Waals surface area contributed by atoms with Gasteiger partial charge in [-0.15, -0.1) is 0 Å². The van der Waals surface area contributed by atoms with Crippen LogP contribution in [-0.2, 0) is 16.0 Å². The lowest BCUT2D eigenvalue weighted by atomic mass is 10.1. The monoisotopic (exact) mass is 385 g/mol. The maximum absolute atomic E-state index is 11.9. The van der Waals surface area contributed by atoms with Gasteiger partial charge in [-0.2, -0.15) is 0 Å². The molecule has 0 heterocycles. The third kappa shape index (κ3) is 5.41. The molecule has 0 aromatic heterocycles. The van der Waals surface area contributed by atoms with Crippen LogP contribution in [-0.4, -0.2) is 25.0 Å². The first-order valence-corrected chi connectivity index (χ1v) is 8.23. The third-order valence-electron chi connectivity index (χ3n) is 3.13. The molecular formula is C17H14Cl3NO3. The van der Waals surface area contributed by atoms with Gasteiger partial charge in [0.25, 0.3) is 5.91 Å². The lowest BCUT2D eigenvalue weighted by Crippen LogP contribution is -2.30. The quantitative estimate of drug-likeness (QED) is 0.758. The summed E-state index contributed by atoms with van der Waals surface area (Å²) >= 11 is 17.7. The smallest absolute Gasteiger partial charge is 0.341 e. The Kier molecular flexibility index (Phi) is 6.91. The molecule has 0 aliphatic rings. The van der Waals surface area contributed by atoms with E-state index in [4.69, 9.17) is 39.5 Å². The summed E-state index contributed by atoms with van der Waals surface area (Å²) in [7, 11) is 0. The number of nitrogens with one attached hydrogen (secondary N) is 1. The van der Waals surface area contributed by atoms with Crippen molar-refractivity contribution in [2.45, 2.75) is 6.42 Å². The van der Waals surface area contributed by atoms with Crippen molar-refractivity contribution in [2.24, 2.45) is 0 Å². The van der Waals surface area contributed by atoms with Gasteiger partial charge in [-0.05, 0) is 36.2 Å². The molecule has 7 heteroatoms. The number of amides is 1. The Balaban J connectivity index is 1.78. The summed E-state index contributed by atoms with van der Waals surface area (Å²) in [5.41, 5.74) is 1.05. The van der Waals surface area contributed by atoms with Crippen LogP contribution in [0.2, 0.25) is 15.1 Å². The minimum Gasteiger partial charge on any atom is -0.452 e. The Morgan fingerprint density at radius 1 is 1.00 bits per heavy atom. The molecular weight excluding hydrogens is 373 g/mol. The average molecular weight is 387 g/mol. The molecule has 2 aromatic rings. The van der Waals surface area contributed by atoms with Crippen LogP contribution in [0.15, 0.2) is 42.5 Å². The summed E-state index contributed by atoms with van der Waals surface area (Å²) in [6, 6.07) is 12.0. The molecule has 0 spiro atoms. The maximum atomic E-state index is 11.9. The number of carbonyl (C=O) groups excluding carboxylic acids is 2. The number of carbonyl (C=O) groups is 2. The van der Waals surface area contributed by atoms with Crippen molar-refractivity contribution in [2.75, 3.05) is 13.2 Å². The van der Waals surface area contributed by atoms with E-state index in [1.54, 1.807) is 12.1 Å². The van der Waals surface area contributed by atoms with Crippen molar-refractivity contribution < 1.29 is 14.3 Å². The van der Waals surface area contributed by atoms with E-state index in [1.807, 2.05) is 18.2 Å². The van der Waals surface area contributed by atoms with Crippen molar-refractivity contribution in [3.8, 4) is 0 Å². The molecule has 1 N–H and O–H groups in total. The van der Waals surface area contributed by atoms with Gasteiger partial charge in [-0.25, -0.2) is 4.79 Å². The van der Waals surface area contributed by atoms with Gasteiger partial charge >= 0.3 is 5.97 Å². The molecule has 1 amide bonds. The highest BCUT2D eigenvalue weighted by atomic mass is 35.5. The Bertz CT molecular complexity index is 729. The second-order valence-electron chi connectivity index (χ2n) is 4.90. The van der Waals surface area contributed by atoms with Crippen molar-refractivity contribution >= 4 is 46.7 Å². The Morgan fingerprint density at radius 3 is 2.33 bits per heavy atom. The van der Waals surface area contributed by atoms with Gasteiger partial charge in [0.05, 0.1) is 15.6 Å². The van der Waals surface area contributed by atoms with Crippen LogP contribution in [0.1, 0.15) is 15.9 Å². The molecule has 4 nitrogen and oxygen atoms in total. The minimum absolute atomic E-state index is 0.0487. The van der Waals surface area contributed by atoms with Crippen molar-refractivity contribution in [3.63, 3.8) is 0 Å². The fourth-order valence-corrected chi connectivity index (χ4v) is 2.75. The highest BCUT2D eigenvalue weighted by Crippen LogP contribution is 2.24. The lowest BCUT2D eigenvalue weighted by molar-refractivity contribution is -0.124. The lowest BCUT2D eigenvalue weighted by Gasteiger charge is -2.08. The summed E-state index contributed by atoms with van der Waals surface area (Å²) in [5, 5.41) is 3.65. The molecule has 0 unspecified atom stereocenters. The topological polar surface area (TPSA) is 55.4 Å². The van der Waals surface area contributed by atoms with E-state index in [0.717, 1.165) is 5.56 Å². The predicted octanol–water partition coefficient (Wildman–Crippen LogP) is 4.16. The zero-order valence-electron chi connectivity index (χ0n) is 12.5. The number of hydrogen-bond acceptors (Lipinski definition) is 3. The van der Waals surface area contributed by atoms with E-state index in [-0.39, 0.29) is 15.6 Å². The molecule has 0 atom stereocenters. The van der Waals surface area contributed by atoms with Crippen molar-refractivity contribution in [1.29, 1.82) is 0 Å². The molecule has 24 heavy (non-hydrogen) atoms. The normalized spacial score (nSPS) is 10.3. The minimum atomic E-state index is -0.740. The zero-order valence-corrected chi connectivity index (χ0v) is 14.8. The van der Waals surface area contributed by atoms with Gasteiger partial charge in [0.15, 0.2) is 6.61 Å². The predicted molar refractivity (Wildman–Crippen MR) is 94.9 cm³/mol. The van der Waals surface area contributed by atoms with Crippen molar-refractivity contribution in [1.82, 2.24) is 5.32 Å². The van der Waals surface area contributed by atoms with Gasteiger partial charge in [0.2, 0.25) is 0 Å². The molecule has 0 saturated heterocycles. The molecule has 0 bridgehead atoms. The van der Waals surface area contributed by atoms with Gasteiger partial charge < -0.3 is 10.1 Å². The van der Waals surface area contributed by atoms with Gasteiger partial charge in [0, 0.05) is 11.6 Å². The average Bonchev–Trinajstić information content (AvgIpc) is 2.53. The molecule has 126 valence electrons. The fraction of sp³-hybridized carbons (Fsp3) is 0.176. The third-order valence-corrected chi connectivity index (χ3v) is 3.99. The van der Waals surface area contributed by atoms with E-state index >= 15 is 0 Å². The molecule has 0 radical (unpaired) electrons. The van der Waals surface area contributed by atoms with Crippen LogP contribution in [0.25, 0.3) is 0 Å². The summed E-state index contributed by atoms with van der Waals surface area (Å²) in [4.78, 5) is 23.7. The van der Waals surface area contributed by atoms with Gasteiger partial charge in [-0.3, -0.25) is 4.79 Å². The van der Waals surface area contributed by atoms with Crippen LogP contribution < -0.4 is 5.32 Å². The second-order valence-corrected chi connectivity index (χ2v) is 6.15. The van der Waals surface area contributed by atoms with Crippen LogP contribution >= 0.6 is 34.8 Å². The number of benzene rings is 2. The number of halogens is 3. The second kappa shape index (κ2) is 8.92. The first-order valence-electron chi connectivity index (χ1n) is 7.09. The Morgan fingerprint density at radius 2 is 1.67 bits per heavy atom. The summed E-state index contributed by atoms with van der Waals surface area (Å²) in [6.45, 7) is -0.000489. The largest absolute Gasteiger partial charge is 0.452 e. The number of esters is 1. The van der Waals surface area contributed by atoms with Crippen LogP contribution in [0.4, 0.5) is 0 Å². The van der Waals surface area contributed by atoms with E-state index in [9.17, 15) is 9.59 Å². The first kappa shape index (κ1) is 18.6. The highest BCUT2D eigenvalue weighted by molar-refractivity contribution is 6.39. The number of rotatable bonds is 6. The first-order chi connectivity index (χ1) is 11.5. The Hall–Kier alpha value is -1.75. The number of ether oxygens (including phenoxy) is 1. The highest BCUT2D eigenvalue weighted by Gasteiger charge is 2.17. The molecule has 2 aromatic carbocycles. The molecule has 0 aliphatic heterocycles. The summed E-state index contributed by atoms with van der Waals surface area (Å²) < 4.78 is 4.93. The molecule has 0 aliphatic carbocycles. The van der Waals surface area contributed by atoms with Gasteiger partial charge in [-0.1, -0.05) is 53.0 Å². The summed E-state index contributed by atoms with van der Waals surface area (Å²) in [5.74, 6) is -1.15. The van der Waals surface area contributed by atoms with Crippen LogP contribution in [0.5, 0.6) is 0 Å². The zero-order chi connectivity index (χ0) is 17.5. The van der Waals surface area contributed by atoms with Crippen molar-refractivity contribution in [3.05, 3.63) is 68.7 Å². The molecule has 2 rings (SSSR count).